The molecule has 0 fully saturated rings. The normalized spacial score (nSPS) is 12.0. The van der Waals surface area contributed by atoms with Gasteiger partial charge in [0, 0.05) is 16.7 Å². The maximum Gasteiger partial charge on any atom is 0.373 e. The topological polar surface area (TPSA) is 71.6 Å². The summed E-state index contributed by atoms with van der Waals surface area (Å²) >= 11 is 5.99. The molecule has 3 rings (SSSR count). The van der Waals surface area contributed by atoms with E-state index in [1.165, 1.54) is 4.31 Å². The van der Waals surface area contributed by atoms with E-state index in [0.717, 1.165) is 17.4 Å². The Hall–Kier alpha value is -2.83. The Kier molecular flexibility index (Phi) is 6.25. The first-order chi connectivity index (χ1) is 13.8. The zero-order valence-corrected chi connectivity index (χ0v) is 17.7. The van der Waals surface area contributed by atoms with Crippen molar-refractivity contribution in [1.82, 2.24) is 0 Å². The van der Waals surface area contributed by atoms with E-state index in [9.17, 15) is 13.5 Å². The van der Waals surface area contributed by atoms with Gasteiger partial charge in [-0.1, -0.05) is 54.1 Å². The smallest absolute Gasteiger partial charge is 0.373 e. The van der Waals surface area contributed by atoms with Gasteiger partial charge in [-0.3, -0.25) is 4.31 Å². The SMILES string of the molecule is Cc1cc(Cl)ccc1[NH+]=C(O)c1ccccc1N(Cc1ccccc1)S(C)(=O)=O. The molecule has 0 heterocycles. The van der Waals surface area contributed by atoms with E-state index in [2.05, 4.69) is 4.99 Å². The van der Waals surface area contributed by atoms with Gasteiger partial charge < -0.3 is 5.11 Å². The van der Waals surface area contributed by atoms with Gasteiger partial charge in [-0.05, 0) is 36.8 Å². The predicted molar refractivity (Wildman–Crippen MR) is 117 cm³/mol. The Morgan fingerprint density at radius 1 is 1.03 bits per heavy atom. The molecule has 0 saturated carbocycles. The molecule has 0 saturated heterocycles. The Bertz CT molecular complexity index is 1150. The fraction of sp³-hybridized carbons (Fsp3) is 0.136. The number of hydrogen-bond donors (Lipinski definition) is 2. The van der Waals surface area contributed by atoms with Gasteiger partial charge in [-0.25, -0.2) is 8.42 Å². The van der Waals surface area contributed by atoms with Crippen molar-refractivity contribution in [2.24, 2.45) is 0 Å². The number of rotatable bonds is 6. The highest BCUT2D eigenvalue weighted by Gasteiger charge is 2.24. The van der Waals surface area contributed by atoms with Crippen LogP contribution in [0.25, 0.3) is 0 Å². The van der Waals surface area contributed by atoms with Crippen molar-refractivity contribution >= 4 is 38.9 Å². The summed E-state index contributed by atoms with van der Waals surface area (Å²) in [7, 11) is -3.60. The maximum atomic E-state index is 12.6. The summed E-state index contributed by atoms with van der Waals surface area (Å²) in [6.07, 6.45) is 1.15. The quantitative estimate of drug-likeness (QED) is 0.466. The molecule has 0 aliphatic carbocycles. The zero-order valence-electron chi connectivity index (χ0n) is 16.1. The van der Waals surface area contributed by atoms with Crippen LogP contribution < -0.4 is 9.30 Å². The van der Waals surface area contributed by atoms with Gasteiger partial charge >= 0.3 is 5.90 Å². The van der Waals surface area contributed by atoms with Crippen molar-refractivity contribution in [2.75, 3.05) is 10.6 Å². The molecule has 7 heteroatoms. The monoisotopic (exact) mass is 429 g/mol. The summed E-state index contributed by atoms with van der Waals surface area (Å²) in [5.74, 6) is -0.146. The summed E-state index contributed by atoms with van der Waals surface area (Å²) < 4.78 is 26.4. The minimum atomic E-state index is -3.60. The lowest BCUT2D eigenvalue weighted by atomic mass is 10.1. The molecule has 0 amide bonds. The van der Waals surface area contributed by atoms with Crippen LogP contribution in [-0.2, 0) is 16.6 Å². The molecule has 0 spiro atoms. The zero-order chi connectivity index (χ0) is 21.0. The molecule has 5 nitrogen and oxygen atoms in total. The number of aliphatic hydroxyl groups is 1. The van der Waals surface area contributed by atoms with E-state index < -0.39 is 10.0 Å². The number of aryl methyl sites for hydroxylation is 1. The van der Waals surface area contributed by atoms with E-state index in [-0.39, 0.29) is 12.4 Å². The molecule has 0 atom stereocenters. The second kappa shape index (κ2) is 8.68. The number of hydrogen-bond acceptors (Lipinski definition) is 2. The van der Waals surface area contributed by atoms with Crippen LogP contribution in [-0.4, -0.2) is 25.7 Å². The highest BCUT2D eigenvalue weighted by Crippen LogP contribution is 2.25. The van der Waals surface area contributed by atoms with Gasteiger partial charge in [0.1, 0.15) is 5.56 Å². The lowest BCUT2D eigenvalue weighted by Crippen LogP contribution is -2.67. The molecule has 150 valence electrons. The first kappa shape index (κ1) is 20.9. The number of halogens is 1. The average molecular weight is 430 g/mol. The fourth-order valence-electron chi connectivity index (χ4n) is 2.98. The summed E-state index contributed by atoms with van der Waals surface area (Å²) in [5.41, 5.74) is 3.13. The molecule has 0 aliphatic rings. The van der Waals surface area contributed by atoms with Crippen LogP contribution >= 0.6 is 11.6 Å². The van der Waals surface area contributed by atoms with Crippen LogP contribution in [0.3, 0.4) is 0 Å². The van der Waals surface area contributed by atoms with Gasteiger partial charge in [0.15, 0.2) is 0 Å². The van der Waals surface area contributed by atoms with E-state index in [1.54, 1.807) is 42.5 Å². The van der Waals surface area contributed by atoms with Crippen LogP contribution in [0.15, 0.2) is 72.8 Å². The lowest BCUT2D eigenvalue weighted by Gasteiger charge is -2.23. The van der Waals surface area contributed by atoms with Gasteiger partial charge in [-0.2, -0.15) is 4.99 Å². The number of anilines is 1. The van der Waals surface area contributed by atoms with E-state index in [0.29, 0.717) is 22.0 Å². The Morgan fingerprint density at radius 3 is 2.34 bits per heavy atom. The molecule has 0 unspecified atom stereocenters. The molecule has 2 N–H and O–H groups in total. The molecule has 0 aromatic heterocycles. The van der Waals surface area contributed by atoms with E-state index >= 15 is 0 Å². The molecule has 0 bridgehead atoms. The third-order valence-corrected chi connectivity index (χ3v) is 5.80. The summed E-state index contributed by atoms with van der Waals surface area (Å²) in [5, 5.41) is 11.4. The third-order valence-electron chi connectivity index (χ3n) is 4.44. The largest absolute Gasteiger partial charge is 0.459 e. The maximum absolute atomic E-state index is 12.6. The van der Waals surface area contributed by atoms with Crippen LogP contribution in [0.1, 0.15) is 16.7 Å². The van der Waals surface area contributed by atoms with Crippen LogP contribution in [0.2, 0.25) is 5.02 Å². The lowest BCUT2D eigenvalue weighted by molar-refractivity contribution is -0.365. The van der Waals surface area contributed by atoms with Crippen molar-refractivity contribution < 1.29 is 18.5 Å². The van der Waals surface area contributed by atoms with Crippen LogP contribution in [0.5, 0.6) is 0 Å². The molecular formula is C22H22ClN2O3S+. The van der Waals surface area contributed by atoms with E-state index in [4.69, 9.17) is 11.6 Å². The predicted octanol–water partition coefficient (Wildman–Crippen LogP) is 3.33. The second-order valence-electron chi connectivity index (χ2n) is 6.71. The van der Waals surface area contributed by atoms with Crippen molar-refractivity contribution in [3.8, 4) is 0 Å². The Labute approximate surface area is 176 Å². The van der Waals surface area contributed by atoms with Gasteiger partial charge in [-0.15, -0.1) is 0 Å². The van der Waals surface area contributed by atoms with Crippen LogP contribution in [0.4, 0.5) is 11.4 Å². The standard InChI is InChI=1S/C22H21ClN2O3S/c1-16-14-18(23)12-13-20(16)24-22(26)19-10-6-7-11-21(19)25(29(2,27)28)15-17-8-4-3-5-9-17/h3-14H,15H2,1-2H3,(H,24,26)/p+1. The second-order valence-corrected chi connectivity index (χ2v) is 9.05. The number of sulfonamides is 1. The Balaban J connectivity index is 2.07. The van der Waals surface area contributed by atoms with E-state index in [1.807, 2.05) is 37.3 Å². The van der Waals surface area contributed by atoms with Crippen molar-refractivity contribution in [1.29, 1.82) is 0 Å². The minimum Gasteiger partial charge on any atom is -0.459 e. The first-order valence-corrected chi connectivity index (χ1v) is 11.2. The van der Waals surface area contributed by atoms with Gasteiger partial charge in [0.2, 0.25) is 15.7 Å². The van der Waals surface area contributed by atoms with Crippen molar-refractivity contribution in [3.05, 3.63) is 94.5 Å². The minimum absolute atomic E-state index is 0.146. The molecule has 29 heavy (non-hydrogen) atoms. The number of nitrogens with zero attached hydrogens (tertiary/aromatic N) is 1. The first-order valence-electron chi connectivity index (χ1n) is 8.96. The van der Waals surface area contributed by atoms with Crippen molar-refractivity contribution in [2.45, 2.75) is 13.5 Å². The Morgan fingerprint density at radius 2 is 1.69 bits per heavy atom. The number of aliphatic hydroxyl groups excluding tert-OH is 1. The average Bonchev–Trinajstić information content (AvgIpc) is 2.68. The number of para-hydroxylation sites is 1. The molecule has 0 aliphatic heterocycles. The molecule has 0 radical (unpaired) electrons. The summed E-state index contributed by atoms with van der Waals surface area (Å²) in [4.78, 5) is 2.96. The highest BCUT2D eigenvalue weighted by atomic mass is 35.5. The molecular weight excluding hydrogens is 408 g/mol. The van der Waals surface area contributed by atoms with Crippen molar-refractivity contribution in [3.63, 3.8) is 0 Å². The summed E-state index contributed by atoms with van der Waals surface area (Å²) in [6, 6.07) is 21.4. The summed E-state index contributed by atoms with van der Waals surface area (Å²) in [6.45, 7) is 2.02. The third kappa shape index (κ3) is 5.16. The van der Waals surface area contributed by atoms with Gasteiger partial charge in [0.25, 0.3) is 0 Å². The number of nitrogens with one attached hydrogen (secondary N) is 1. The number of benzene rings is 3. The highest BCUT2D eigenvalue weighted by molar-refractivity contribution is 7.92. The van der Waals surface area contributed by atoms with Crippen LogP contribution in [0, 0.1) is 6.92 Å². The molecule has 3 aromatic rings. The fourth-order valence-corrected chi connectivity index (χ4v) is 4.11. The molecule has 3 aromatic carbocycles. The van der Waals surface area contributed by atoms with Gasteiger partial charge in [0.05, 0.1) is 18.5 Å².